The Morgan fingerprint density at radius 2 is 2.11 bits per heavy atom. The Hall–Kier alpha value is -1.14. The Morgan fingerprint density at radius 3 is 2.56 bits per heavy atom. The molecule has 0 fully saturated rings. The number of halogens is 1. The van der Waals surface area contributed by atoms with Crippen LogP contribution in [0.25, 0.3) is 0 Å². The van der Waals surface area contributed by atoms with Crippen LogP contribution in [0, 0.1) is 10.1 Å². The van der Waals surface area contributed by atoms with E-state index in [2.05, 4.69) is 15.9 Å². The number of nitro groups is 1. The monoisotopic (exact) mass is 317 g/mol. The van der Waals surface area contributed by atoms with E-state index < -0.39 is 11.0 Å². The fourth-order valence-electron chi connectivity index (χ4n) is 1.46. The zero-order chi connectivity index (χ0) is 13.9. The molecule has 1 N–H and O–H groups in total. The Bertz CT molecular complexity index is 448. The van der Waals surface area contributed by atoms with E-state index in [-0.39, 0.29) is 17.5 Å². The summed E-state index contributed by atoms with van der Waals surface area (Å²) in [4.78, 5) is 10.5. The smallest absolute Gasteiger partial charge is 0.312 e. The molecule has 0 aliphatic rings. The van der Waals surface area contributed by atoms with E-state index >= 15 is 0 Å². The van der Waals surface area contributed by atoms with Gasteiger partial charge in [-0.25, -0.2) is 0 Å². The number of aliphatic hydroxyl groups is 1. The molecule has 1 rings (SSSR count). The number of benzene rings is 1. The number of aliphatic hydroxyl groups excluding tert-OH is 1. The molecule has 0 radical (unpaired) electrons. The van der Waals surface area contributed by atoms with Gasteiger partial charge in [0.2, 0.25) is 5.75 Å². The van der Waals surface area contributed by atoms with Crippen LogP contribution in [0.3, 0.4) is 0 Å². The number of nitro benzene ring substituents is 1. The molecule has 1 aromatic rings. The van der Waals surface area contributed by atoms with E-state index in [9.17, 15) is 15.2 Å². The predicted octanol–water partition coefficient (Wildman–Crippen LogP) is 3.59. The van der Waals surface area contributed by atoms with Crippen molar-refractivity contribution < 1.29 is 14.8 Å². The highest BCUT2D eigenvalue weighted by molar-refractivity contribution is 9.10. The van der Waals surface area contributed by atoms with Crippen LogP contribution in [-0.4, -0.2) is 16.1 Å². The molecule has 6 heteroatoms. The molecule has 0 aromatic heterocycles. The molecule has 0 aliphatic heterocycles. The number of nitrogens with zero attached hydrogens (tertiary/aromatic N) is 1. The first-order chi connectivity index (χ1) is 8.36. The molecule has 0 saturated heterocycles. The van der Waals surface area contributed by atoms with Gasteiger partial charge in [-0.3, -0.25) is 10.1 Å². The highest BCUT2D eigenvalue weighted by Gasteiger charge is 2.24. The third-order valence-corrected chi connectivity index (χ3v) is 3.06. The summed E-state index contributed by atoms with van der Waals surface area (Å²) in [5.41, 5.74) is 0.275. The van der Waals surface area contributed by atoms with Gasteiger partial charge in [-0.05, 0) is 26.3 Å². The Kier molecular flexibility index (Phi) is 5.10. The third-order valence-electron chi connectivity index (χ3n) is 2.60. The van der Waals surface area contributed by atoms with Crippen LogP contribution in [-0.2, 0) is 0 Å². The van der Waals surface area contributed by atoms with Crippen LogP contribution < -0.4 is 4.74 Å². The molecular formula is C12H16BrNO4. The van der Waals surface area contributed by atoms with Gasteiger partial charge >= 0.3 is 5.69 Å². The lowest BCUT2D eigenvalue weighted by atomic mass is 10.1. The molecule has 100 valence electrons. The summed E-state index contributed by atoms with van der Waals surface area (Å²) in [5.74, 6) is 0.146. The van der Waals surface area contributed by atoms with Crippen molar-refractivity contribution in [3.05, 3.63) is 32.3 Å². The summed E-state index contributed by atoms with van der Waals surface area (Å²) in [6.07, 6.45) is -0.255. The van der Waals surface area contributed by atoms with E-state index in [1.165, 1.54) is 6.07 Å². The molecular weight excluding hydrogens is 302 g/mol. The van der Waals surface area contributed by atoms with Crippen molar-refractivity contribution in [1.82, 2.24) is 0 Å². The van der Waals surface area contributed by atoms with Crippen molar-refractivity contribution in [2.24, 2.45) is 0 Å². The Balaban J connectivity index is 3.36. The second-order valence-electron chi connectivity index (χ2n) is 4.11. The van der Waals surface area contributed by atoms with Crippen LogP contribution in [0.2, 0.25) is 0 Å². The van der Waals surface area contributed by atoms with Crippen LogP contribution in [0.15, 0.2) is 16.6 Å². The fraction of sp³-hybridized carbons (Fsp3) is 0.500. The van der Waals surface area contributed by atoms with Crippen molar-refractivity contribution >= 4 is 21.6 Å². The molecule has 0 bridgehead atoms. The molecule has 0 heterocycles. The SMILES string of the molecule is CCC(C)Oc1c(C(C)O)cc(Br)cc1[N+](=O)[O-]. The zero-order valence-electron chi connectivity index (χ0n) is 10.5. The second-order valence-corrected chi connectivity index (χ2v) is 5.03. The maximum absolute atomic E-state index is 11.0. The molecule has 5 nitrogen and oxygen atoms in total. The van der Waals surface area contributed by atoms with Crippen molar-refractivity contribution in [3.8, 4) is 5.75 Å². The van der Waals surface area contributed by atoms with Gasteiger partial charge in [-0.1, -0.05) is 22.9 Å². The molecule has 0 aliphatic carbocycles. The quantitative estimate of drug-likeness (QED) is 0.665. The molecule has 2 atom stereocenters. The number of rotatable bonds is 5. The van der Waals surface area contributed by atoms with Crippen LogP contribution in [0.1, 0.15) is 38.9 Å². The minimum Gasteiger partial charge on any atom is -0.484 e. The summed E-state index contributed by atoms with van der Waals surface area (Å²) in [6, 6.07) is 3.01. The Labute approximate surface area is 114 Å². The van der Waals surface area contributed by atoms with Gasteiger partial charge in [0, 0.05) is 16.1 Å². The molecule has 0 saturated carbocycles. The normalized spacial score (nSPS) is 14.1. The fourth-order valence-corrected chi connectivity index (χ4v) is 1.92. The Morgan fingerprint density at radius 1 is 1.50 bits per heavy atom. The third kappa shape index (κ3) is 3.43. The van der Waals surface area contributed by atoms with E-state index in [1.807, 2.05) is 13.8 Å². The lowest BCUT2D eigenvalue weighted by Gasteiger charge is -2.17. The van der Waals surface area contributed by atoms with E-state index in [1.54, 1.807) is 13.0 Å². The largest absolute Gasteiger partial charge is 0.484 e. The minimum absolute atomic E-state index is 0.138. The molecule has 1 aromatic carbocycles. The van der Waals surface area contributed by atoms with Crippen molar-refractivity contribution in [2.45, 2.75) is 39.4 Å². The molecule has 18 heavy (non-hydrogen) atoms. The predicted molar refractivity (Wildman–Crippen MR) is 71.8 cm³/mol. The van der Waals surface area contributed by atoms with Crippen molar-refractivity contribution in [2.75, 3.05) is 0 Å². The van der Waals surface area contributed by atoms with Gasteiger partial charge in [0.1, 0.15) is 0 Å². The lowest BCUT2D eigenvalue weighted by Crippen LogP contribution is -2.13. The standard InChI is InChI=1S/C12H16BrNO4/c1-4-7(2)18-12-10(8(3)15)5-9(13)6-11(12)14(16)17/h5-8,15H,4H2,1-3H3. The molecule has 2 unspecified atom stereocenters. The summed E-state index contributed by atoms with van der Waals surface area (Å²) in [5, 5.41) is 20.7. The van der Waals surface area contributed by atoms with Gasteiger partial charge in [0.25, 0.3) is 0 Å². The highest BCUT2D eigenvalue weighted by atomic mass is 79.9. The highest BCUT2D eigenvalue weighted by Crippen LogP contribution is 2.38. The van der Waals surface area contributed by atoms with Crippen molar-refractivity contribution in [1.29, 1.82) is 0 Å². The summed E-state index contributed by atoms with van der Waals surface area (Å²) in [7, 11) is 0. The maximum atomic E-state index is 11.0. The van der Waals surface area contributed by atoms with Gasteiger partial charge in [0.15, 0.2) is 0 Å². The minimum atomic E-state index is -0.833. The average Bonchev–Trinajstić information content (AvgIpc) is 2.29. The summed E-state index contributed by atoms with van der Waals surface area (Å²) >= 11 is 3.20. The number of hydrogen-bond acceptors (Lipinski definition) is 4. The zero-order valence-corrected chi connectivity index (χ0v) is 12.1. The average molecular weight is 318 g/mol. The van der Waals surface area contributed by atoms with E-state index in [0.29, 0.717) is 10.0 Å². The molecule has 0 spiro atoms. The second kappa shape index (κ2) is 6.15. The van der Waals surface area contributed by atoms with Gasteiger partial charge in [-0.2, -0.15) is 0 Å². The maximum Gasteiger partial charge on any atom is 0.312 e. The van der Waals surface area contributed by atoms with Crippen LogP contribution in [0.4, 0.5) is 5.69 Å². The number of ether oxygens (including phenoxy) is 1. The first kappa shape index (κ1) is 14.9. The van der Waals surface area contributed by atoms with Crippen LogP contribution >= 0.6 is 15.9 Å². The number of hydrogen-bond donors (Lipinski definition) is 1. The first-order valence-electron chi connectivity index (χ1n) is 5.69. The van der Waals surface area contributed by atoms with Gasteiger partial charge < -0.3 is 9.84 Å². The van der Waals surface area contributed by atoms with E-state index in [0.717, 1.165) is 6.42 Å². The lowest BCUT2D eigenvalue weighted by molar-refractivity contribution is -0.386. The summed E-state index contributed by atoms with van der Waals surface area (Å²) < 4.78 is 6.12. The van der Waals surface area contributed by atoms with Crippen molar-refractivity contribution in [3.63, 3.8) is 0 Å². The summed E-state index contributed by atoms with van der Waals surface area (Å²) in [6.45, 7) is 5.31. The van der Waals surface area contributed by atoms with Gasteiger partial charge in [0.05, 0.1) is 17.1 Å². The van der Waals surface area contributed by atoms with E-state index in [4.69, 9.17) is 4.74 Å². The van der Waals surface area contributed by atoms with Crippen LogP contribution in [0.5, 0.6) is 5.75 Å². The molecule has 0 amide bonds. The van der Waals surface area contributed by atoms with Gasteiger partial charge in [-0.15, -0.1) is 0 Å². The first-order valence-corrected chi connectivity index (χ1v) is 6.48. The topological polar surface area (TPSA) is 72.6 Å².